The molecule has 1 aliphatic carbocycles. The van der Waals surface area contributed by atoms with Crippen LogP contribution in [0, 0.1) is 13.8 Å². The zero-order valence-electron chi connectivity index (χ0n) is 13.3. The summed E-state index contributed by atoms with van der Waals surface area (Å²) < 4.78 is 5.92. The molecule has 0 unspecified atom stereocenters. The van der Waals surface area contributed by atoms with Crippen molar-refractivity contribution in [3.8, 4) is 11.1 Å². The minimum Gasteiger partial charge on any atom is -0.450 e. The Morgan fingerprint density at radius 2 is 1.74 bits per heavy atom. The number of rotatable bonds is 3. The van der Waals surface area contributed by atoms with Gasteiger partial charge in [-0.3, -0.25) is 4.79 Å². The van der Waals surface area contributed by atoms with Crippen LogP contribution in [-0.4, -0.2) is 11.9 Å². The van der Waals surface area contributed by atoms with E-state index in [0.29, 0.717) is 11.8 Å². The van der Waals surface area contributed by atoms with Gasteiger partial charge in [0, 0.05) is 17.0 Å². The number of fused-ring (bicyclic) bond motifs is 1. The van der Waals surface area contributed by atoms with E-state index in [1.807, 2.05) is 12.1 Å². The maximum absolute atomic E-state index is 12.6. The number of furan rings is 1. The average molecular weight is 305 g/mol. The molecule has 0 atom stereocenters. The van der Waals surface area contributed by atoms with Crippen LogP contribution in [0.1, 0.15) is 34.5 Å². The van der Waals surface area contributed by atoms with E-state index in [1.165, 1.54) is 5.56 Å². The number of aryl methyl sites for hydroxylation is 2. The highest BCUT2D eigenvalue weighted by molar-refractivity contribution is 6.08. The molecular weight excluding hydrogens is 286 g/mol. The Balaban J connectivity index is 1.91. The van der Waals surface area contributed by atoms with Gasteiger partial charge in [0.1, 0.15) is 5.58 Å². The SMILES string of the molecule is Cc1ccc(-c2c(C(=O)NC3CC3)oc3ccc(C)cc23)cc1. The summed E-state index contributed by atoms with van der Waals surface area (Å²) in [6.45, 7) is 4.11. The zero-order valence-corrected chi connectivity index (χ0v) is 13.3. The molecule has 3 aromatic rings. The highest BCUT2D eigenvalue weighted by Crippen LogP contribution is 2.36. The van der Waals surface area contributed by atoms with Gasteiger partial charge in [-0.15, -0.1) is 0 Å². The number of benzene rings is 2. The molecule has 3 nitrogen and oxygen atoms in total. The van der Waals surface area contributed by atoms with E-state index in [2.05, 4.69) is 49.5 Å². The summed E-state index contributed by atoms with van der Waals surface area (Å²) in [6.07, 6.45) is 2.12. The highest BCUT2D eigenvalue weighted by Gasteiger charge is 2.28. The number of carbonyl (C=O) groups is 1. The van der Waals surface area contributed by atoms with Gasteiger partial charge in [0.15, 0.2) is 0 Å². The lowest BCUT2D eigenvalue weighted by atomic mass is 9.99. The van der Waals surface area contributed by atoms with E-state index in [-0.39, 0.29) is 5.91 Å². The summed E-state index contributed by atoms with van der Waals surface area (Å²) in [6, 6.07) is 14.6. The minimum absolute atomic E-state index is 0.114. The Hall–Kier alpha value is -2.55. The average Bonchev–Trinajstić information content (AvgIpc) is 3.26. The molecule has 4 rings (SSSR count). The fraction of sp³-hybridized carbons (Fsp3) is 0.250. The van der Waals surface area contributed by atoms with Gasteiger partial charge in [0.05, 0.1) is 0 Å². The third-order valence-electron chi connectivity index (χ3n) is 4.30. The number of nitrogens with one attached hydrogen (secondary N) is 1. The minimum atomic E-state index is -0.114. The van der Waals surface area contributed by atoms with Crippen molar-refractivity contribution in [3.05, 3.63) is 59.4 Å². The van der Waals surface area contributed by atoms with Gasteiger partial charge in [-0.2, -0.15) is 0 Å². The summed E-state index contributed by atoms with van der Waals surface area (Å²) in [4.78, 5) is 12.6. The zero-order chi connectivity index (χ0) is 16.0. The van der Waals surface area contributed by atoms with Gasteiger partial charge < -0.3 is 9.73 Å². The molecule has 1 saturated carbocycles. The van der Waals surface area contributed by atoms with Crippen LogP contribution in [-0.2, 0) is 0 Å². The van der Waals surface area contributed by atoms with Crippen molar-refractivity contribution in [2.75, 3.05) is 0 Å². The second kappa shape index (κ2) is 5.27. The first-order valence-electron chi connectivity index (χ1n) is 8.03. The molecule has 1 fully saturated rings. The molecule has 116 valence electrons. The monoisotopic (exact) mass is 305 g/mol. The molecular formula is C20H19NO2. The van der Waals surface area contributed by atoms with Gasteiger partial charge in [-0.25, -0.2) is 0 Å². The van der Waals surface area contributed by atoms with Gasteiger partial charge in [-0.05, 0) is 44.4 Å². The first-order valence-corrected chi connectivity index (χ1v) is 8.03. The normalized spacial score (nSPS) is 14.2. The fourth-order valence-electron chi connectivity index (χ4n) is 2.86. The van der Waals surface area contributed by atoms with Gasteiger partial charge in [0.25, 0.3) is 5.91 Å². The van der Waals surface area contributed by atoms with E-state index in [9.17, 15) is 4.79 Å². The number of hydrogen-bond donors (Lipinski definition) is 1. The number of carbonyl (C=O) groups excluding carboxylic acids is 1. The molecule has 1 aliphatic rings. The van der Waals surface area contributed by atoms with E-state index < -0.39 is 0 Å². The third-order valence-corrected chi connectivity index (χ3v) is 4.30. The van der Waals surface area contributed by atoms with Crippen molar-refractivity contribution in [1.29, 1.82) is 0 Å². The van der Waals surface area contributed by atoms with Crippen molar-refractivity contribution in [2.45, 2.75) is 32.7 Å². The van der Waals surface area contributed by atoms with E-state index >= 15 is 0 Å². The Labute approximate surface area is 135 Å². The van der Waals surface area contributed by atoms with Crippen molar-refractivity contribution in [2.24, 2.45) is 0 Å². The quantitative estimate of drug-likeness (QED) is 0.768. The summed E-state index contributed by atoms with van der Waals surface area (Å²) in [7, 11) is 0. The topological polar surface area (TPSA) is 42.2 Å². The van der Waals surface area contributed by atoms with Gasteiger partial charge >= 0.3 is 0 Å². The molecule has 0 radical (unpaired) electrons. The van der Waals surface area contributed by atoms with Crippen LogP contribution in [0.2, 0.25) is 0 Å². The first-order chi connectivity index (χ1) is 11.1. The van der Waals surface area contributed by atoms with Crippen molar-refractivity contribution >= 4 is 16.9 Å². The third kappa shape index (κ3) is 2.63. The lowest BCUT2D eigenvalue weighted by Gasteiger charge is -2.05. The lowest BCUT2D eigenvalue weighted by molar-refractivity contribution is 0.0926. The second-order valence-electron chi connectivity index (χ2n) is 6.42. The maximum atomic E-state index is 12.6. The molecule has 2 aromatic carbocycles. The Kier molecular flexibility index (Phi) is 3.22. The van der Waals surface area contributed by atoms with Crippen LogP contribution >= 0.6 is 0 Å². The molecule has 0 aliphatic heterocycles. The maximum Gasteiger partial charge on any atom is 0.287 e. The molecule has 0 spiro atoms. The number of hydrogen-bond acceptors (Lipinski definition) is 2. The molecule has 3 heteroatoms. The molecule has 1 N–H and O–H groups in total. The second-order valence-corrected chi connectivity index (χ2v) is 6.42. The van der Waals surface area contributed by atoms with Crippen LogP contribution in [0.15, 0.2) is 46.9 Å². The summed E-state index contributed by atoms with van der Waals surface area (Å²) in [5.41, 5.74) is 5.01. The largest absolute Gasteiger partial charge is 0.450 e. The molecule has 0 bridgehead atoms. The van der Waals surface area contributed by atoms with Gasteiger partial charge in [-0.1, -0.05) is 41.5 Å². The Morgan fingerprint density at radius 1 is 1.04 bits per heavy atom. The first kappa shape index (κ1) is 14.1. The summed E-state index contributed by atoms with van der Waals surface area (Å²) in [5, 5.41) is 4.03. The molecule has 0 saturated heterocycles. The molecule has 1 heterocycles. The van der Waals surface area contributed by atoms with Crippen molar-refractivity contribution < 1.29 is 9.21 Å². The smallest absolute Gasteiger partial charge is 0.287 e. The Morgan fingerprint density at radius 3 is 2.43 bits per heavy atom. The Bertz CT molecular complexity index is 886. The van der Waals surface area contributed by atoms with E-state index in [4.69, 9.17) is 4.42 Å². The fourth-order valence-corrected chi connectivity index (χ4v) is 2.86. The molecule has 1 aromatic heterocycles. The van der Waals surface area contributed by atoms with Crippen LogP contribution in [0.4, 0.5) is 0 Å². The van der Waals surface area contributed by atoms with E-state index in [1.54, 1.807) is 0 Å². The van der Waals surface area contributed by atoms with Gasteiger partial charge in [0.2, 0.25) is 5.76 Å². The summed E-state index contributed by atoms with van der Waals surface area (Å²) in [5.74, 6) is 0.304. The predicted octanol–water partition coefficient (Wildman–Crippen LogP) is 4.61. The van der Waals surface area contributed by atoms with Crippen LogP contribution in [0.5, 0.6) is 0 Å². The van der Waals surface area contributed by atoms with Crippen LogP contribution in [0.3, 0.4) is 0 Å². The number of amides is 1. The van der Waals surface area contributed by atoms with Crippen LogP contribution in [0.25, 0.3) is 22.1 Å². The lowest BCUT2D eigenvalue weighted by Crippen LogP contribution is -2.25. The standard InChI is InChI=1S/C20H19NO2/c1-12-3-6-14(7-4-12)18-16-11-13(2)5-10-17(16)23-19(18)20(22)21-15-8-9-15/h3-7,10-11,15H,8-9H2,1-2H3,(H,21,22). The summed E-state index contributed by atoms with van der Waals surface area (Å²) >= 11 is 0. The molecule has 23 heavy (non-hydrogen) atoms. The van der Waals surface area contributed by atoms with Crippen molar-refractivity contribution in [1.82, 2.24) is 5.32 Å². The molecule has 1 amide bonds. The van der Waals surface area contributed by atoms with E-state index in [0.717, 1.165) is 40.5 Å². The highest BCUT2D eigenvalue weighted by atomic mass is 16.3. The predicted molar refractivity (Wildman–Crippen MR) is 91.6 cm³/mol. The van der Waals surface area contributed by atoms with Crippen molar-refractivity contribution in [3.63, 3.8) is 0 Å². The van der Waals surface area contributed by atoms with Crippen LogP contribution < -0.4 is 5.32 Å².